The van der Waals surface area contributed by atoms with E-state index >= 15 is 0 Å². The van der Waals surface area contributed by atoms with Crippen LogP contribution in [-0.2, 0) is 6.54 Å². The van der Waals surface area contributed by atoms with E-state index in [-0.39, 0.29) is 19.1 Å². The predicted octanol–water partition coefficient (Wildman–Crippen LogP) is 1.31. The van der Waals surface area contributed by atoms with Crippen molar-refractivity contribution in [2.24, 2.45) is 0 Å². The fourth-order valence-electron chi connectivity index (χ4n) is 1.57. The Morgan fingerprint density at radius 3 is 2.95 bits per heavy atom. The number of carbonyl (C=O) groups excluding carboxylic acids is 1. The Balaban J connectivity index is 2.04. The van der Waals surface area contributed by atoms with E-state index < -0.39 is 0 Å². The molecule has 0 aliphatic carbocycles. The summed E-state index contributed by atoms with van der Waals surface area (Å²) in [5, 5.41) is 15.3. The average Bonchev–Trinajstić information content (AvgIpc) is 2.89. The predicted molar refractivity (Wildman–Crippen MR) is 75.6 cm³/mol. The molecule has 1 heterocycles. The van der Waals surface area contributed by atoms with Gasteiger partial charge in [0, 0.05) is 18.1 Å². The van der Waals surface area contributed by atoms with Gasteiger partial charge in [0.2, 0.25) is 5.89 Å². The van der Waals surface area contributed by atoms with E-state index in [0.29, 0.717) is 27.9 Å². The summed E-state index contributed by atoms with van der Waals surface area (Å²) in [7, 11) is 0. The first kappa shape index (κ1) is 15.0. The zero-order valence-corrected chi connectivity index (χ0v) is 11.9. The van der Waals surface area contributed by atoms with Crippen molar-refractivity contribution in [3.8, 4) is 11.8 Å². The fourth-order valence-corrected chi connectivity index (χ4v) is 1.79. The fraction of sp³-hybridized carbons (Fsp3) is 0.214. The number of halogens is 1. The van der Waals surface area contributed by atoms with Crippen LogP contribution in [-0.4, -0.2) is 27.8 Å². The number of carbonyl (C=O) groups is 1. The van der Waals surface area contributed by atoms with Crippen molar-refractivity contribution < 1.29 is 14.4 Å². The first-order chi connectivity index (χ1) is 10.1. The summed E-state index contributed by atoms with van der Waals surface area (Å²) in [5.74, 6) is 5.72. The summed E-state index contributed by atoms with van der Waals surface area (Å²) in [6, 6.07) is 4.74. The van der Waals surface area contributed by atoms with Crippen molar-refractivity contribution in [2.75, 3.05) is 6.61 Å². The molecular weight excluding hydrogens is 294 g/mol. The number of nitrogens with zero attached hydrogens (tertiary/aromatic N) is 2. The molecule has 2 N–H and O–H groups in total. The van der Waals surface area contributed by atoms with E-state index in [1.165, 1.54) is 6.07 Å². The molecule has 0 unspecified atom stereocenters. The van der Waals surface area contributed by atoms with Crippen molar-refractivity contribution in [2.45, 2.75) is 13.5 Å². The van der Waals surface area contributed by atoms with Gasteiger partial charge in [-0.3, -0.25) is 4.79 Å². The minimum atomic E-state index is -0.305. The van der Waals surface area contributed by atoms with Gasteiger partial charge >= 0.3 is 0 Å². The number of nitrogens with one attached hydrogen (secondary N) is 1. The van der Waals surface area contributed by atoms with E-state index in [9.17, 15) is 4.79 Å². The second kappa shape index (κ2) is 6.88. The molecule has 108 valence electrons. The maximum atomic E-state index is 12.0. The highest BCUT2D eigenvalue weighted by molar-refractivity contribution is 6.32. The third kappa shape index (κ3) is 4.05. The van der Waals surface area contributed by atoms with Crippen LogP contribution in [0.5, 0.6) is 0 Å². The van der Waals surface area contributed by atoms with Gasteiger partial charge in [-0.25, -0.2) is 0 Å². The summed E-state index contributed by atoms with van der Waals surface area (Å²) >= 11 is 6.03. The maximum absolute atomic E-state index is 12.0. The molecule has 1 amide bonds. The van der Waals surface area contributed by atoms with E-state index in [0.717, 1.165) is 0 Å². The number of aliphatic hydroxyl groups is 1. The Bertz CT molecular complexity index is 716. The van der Waals surface area contributed by atoms with Gasteiger partial charge < -0.3 is 14.9 Å². The van der Waals surface area contributed by atoms with Crippen molar-refractivity contribution in [3.05, 3.63) is 46.1 Å². The van der Waals surface area contributed by atoms with Crippen molar-refractivity contribution in [1.29, 1.82) is 0 Å². The van der Waals surface area contributed by atoms with Gasteiger partial charge in [0.05, 0.1) is 11.6 Å². The summed E-state index contributed by atoms with van der Waals surface area (Å²) in [4.78, 5) is 16.0. The molecular formula is C14H12ClN3O3. The number of benzene rings is 1. The molecule has 2 rings (SSSR count). The Kier molecular flexibility index (Phi) is 4.93. The van der Waals surface area contributed by atoms with Crippen LogP contribution in [0.1, 0.15) is 27.6 Å². The van der Waals surface area contributed by atoms with Gasteiger partial charge in [0.15, 0.2) is 5.82 Å². The Labute approximate surface area is 126 Å². The SMILES string of the molecule is Cc1nc(CNC(=O)c2ccc(C#CCO)c(Cl)c2)no1. The lowest BCUT2D eigenvalue weighted by Gasteiger charge is -2.04. The van der Waals surface area contributed by atoms with E-state index in [4.69, 9.17) is 21.2 Å². The number of amides is 1. The highest BCUT2D eigenvalue weighted by Crippen LogP contribution is 2.17. The number of aliphatic hydroxyl groups excluding tert-OH is 1. The molecule has 2 aromatic rings. The van der Waals surface area contributed by atoms with Gasteiger partial charge in [0.25, 0.3) is 5.91 Å². The highest BCUT2D eigenvalue weighted by Gasteiger charge is 2.09. The minimum Gasteiger partial charge on any atom is -0.384 e. The molecule has 0 bridgehead atoms. The third-order valence-electron chi connectivity index (χ3n) is 2.51. The van der Waals surface area contributed by atoms with Gasteiger partial charge in [-0.2, -0.15) is 4.98 Å². The quantitative estimate of drug-likeness (QED) is 0.835. The van der Waals surface area contributed by atoms with Crippen LogP contribution in [0.3, 0.4) is 0 Å². The first-order valence-corrected chi connectivity index (χ1v) is 6.44. The first-order valence-electron chi connectivity index (χ1n) is 6.07. The third-order valence-corrected chi connectivity index (χ3v) is 2.82. The van der Waals surface area contributed by atoms with Crippen LogP contribution in [0.2, 0.25) is 5.02 Å². The molecule has 1 aromatic carbocycles. The number of hydrogen-bond acceptors (Lipinski definition) is 5. The molecule has 0 saturated carbocycles. The van der Waals surface area contributed by atoms with Crippen LogP contribution < -0.4 is 5.32 Å². The van der Waals surface area contributed by atoms with Crippen LogP contribution in [0.15, 0.2) is 22.7 Å². The Hall–Kier alpha value is -2.36. The molecule has 0 saturated heterocycles. The average molecular weight is 306 g/mol. The number of aromatic nitrogens is 2. The molecule has 0 aliphatic rings. The van der Waals surface area contributed by atoms with Gasteiger partial charge in [-0.15, -0.1) is 0 Å². The standard InChI is InChI=1S/C14H12ClN3O3/c1-9-17-13(18-21-9)8-16-14(20)11-5-4-10(3-2-6-19)12(15)7-11/h4-5,7,19H,6,8H2,1H3,(H,16,20). The maximum Gasteiger partial charge on any atom is 0.251 e. The summed E-state index contributed by atoms with van der Waals surface area (Å²) in [6.07, 6.45) is 0. The second-order valence-electron chi connectivity index (χ2n) is 4.07. The van der Waals surface area contributed by atoms with Crippen LogP contribution >= 0.6 is 11.6 Å². The summed E-state index contributed by atoms with van der Waals surface area (Å²) < 4.78 is 4.81. The molecule has 0 radical (unpaired) electrons. The highest BCUT2D eigenvalue weighted by atomic mass is 35.5. The topological polar surface area (TPSA) is 88.2 Å². The largest absolute Gasteiger partial charge is 0.384 e. The Morgan fingerprint density at radius 1 is 1.52 bits per heavy atom. The number of aryl methyl sites for hydroxylation is 1. The molecule has 1 aromatic heterocycles. The van der Waals surface area contributed by atoms with Crippen molar-refractivity contribution in [3.63, 3.8) is 0 Å². The molecule has 0 aliphatic heterocycles. The van der Waals surface area contributed by atoms with E-state index in [1.54, 1.807) is 19.1 Å². The monoisotopic (exact) mass is 305 g/mol. The lowest BCUT2D eigenvalue weighted by Crippen LogP contribution is -2.23. The number of hydrogen-bond donors (Lipinski definition) is 2. The minimum absolute atomic E-state index is 0.167. The zero-order chi connectivity index (χ0) is 15.2. The summed E-state index contributed by atoms with van der Waals surface area (Å²) in [5.41, 5.74) is 0.950. The summed E-state index contributed by atoms with van der Waals surface area (Å²) in [6.45, 7) is 1.59. The molecule has 0 spiro atoms. The van der Waals surface area contributed by atoms with Crippen molar-refractivity contribution >= 4 is 17.5 Å². The molecule has 0 atom stereocenters. The van der Waals surface area contributed by atoms with E-state index in [1.807, 2.05) is 0 Å². The van der Waals surface area contributed by atoms with Crippen LogP contribution in [0, 0.1) is 18.8 Å². The van der Waals surface area contributed by atoms with Gasteiger partial charge in [0.1, 0.15) is 6.61 Å². The molecule has 7 heteroatoms. The lowest BCUT2D eigenvalue weighted by atomic mass is 10.1. The van der Waals surface area contributed by atoms with Crippen LogP contribution in [0.4, 0.5) is 0 Å². The molecule has 6 nitrogen and oxygen atoms in total. The van der Waals surface area contributed by atoms with Crippen molar-refractivity contribution in [1.82, 2.24) is 15.5 Å². The smallest absolute Gasteiger partial charge is 0.251 e. The van der Waals surface area contributed by atoms with Gasteiger partial charge in [-0.05, 0) is 18.2 Å². The lowest BCUT2D eigenvalue weighted by molar-refractivity contribution is 0.0949. The van der Waals surface area contributed by atoms with Gasteiger partial charge in [-0.1, -0.05) is 28.6 Å². The molecule has 0 fully saturated rings. The molecule has 21 heavy (non-hydrogen) atoms. The second-order valence-corrected chi connectivity index (χ2v) is 4.47. The van der Waals surface area contributed by atoms with E-state index in [2.05, 4.69) is 27.3 Å². The Morgan fingerprint density at radius 2 is 2.33 bits per heavy atom. The van der Waals surface area contributed by atoms with Crippen LogP contribution in [0.25, 0.3) is 0 Å². The normalized spacial score (nSPS) is 9.86. The number of rotatable bonds is 3. The zero-order valence-electron chi connectivity index (χ0n) is 11.2.